The minimum absolute atomic E-state index is 0.0111. The van der Waals surface area contributed by atoms with Gasteiger partial charge in [-0.3, -0.25) is 24.0 Å². The van der Waals surface area contributed by atoms with Gasteiger partial charge in [0.05, 0.1) is 89.4 Å². The van der Waals surface area contributed by atoms with Gasteiger partial charge in [-0.2, -0.15) is 0 Å². The lowest BCUT2D eigenvalue weighted by molar-refractivity contribution is -0.256. The molecule has 3 aliphatic heterocycles. The summed E-state index contributed by atoms with van der Waals surface area (Å²) in [7, 11) is 0. The highest BCUT2D eigenvalue weighted by molar-refractivity contribution is 5.91. The van der Waals surface area contributed by atoms with Gasteiger partial charge in [0.1, 0.15) is 49.7 Å². The van der Waals surface area contributed by atoms with Crippen molar-refractivity contribution >= 4 is 35.6 Å². The first kappa shape index (κ1) is 69.6. The van der Waals surface area contributed by atoms with Crippen LogP contribution in [0.15, 0.2) is 12.1 Å². The Hall–Kier alpha value is -4.92. The zero-order valence-electron chi connectivity index (χ0n) is 51.0. The first-order valence-corrected chi connectivity index (χ1v) is 28.9. The summed E-state index contributed by atoms with van der Waals surface area (Å²) in [5.74, 6) is -2.14. The van der Waals surface area contributed by atoms with Crippen LogP contribution in [0.25, 0.3) is 0 Å². The Morgan fingerprint density at radius 3 is 1.16 bits per heavy atom. The third-order valence-corrected chi connectivity index (χ3v) is 14.3. The Kier molecular flexibility index (Phi) is 29.5. The maximum Gasteiger partial charge on any atom is 0.338 e. The van der Waals surface area contributed by atoms with Crippen molar-refractivity contribution in [2.24, 2.45) is 23.7 Å². The molecule has 24 nitrogen and oxygen atoms in total. The van der Waals surface area contributed by atoms with E-state index in [0.717, 1.165) is 6.42 Å². The van der Waals surface area contributed by atoms with Crippen molar-refractivity contribution in [3.63, 3.8) is 0 Å². The van der Waals surface area contributed by atoms with Crippen LogP contribution in [-0.4, -0.2) is 188 Å². The predicted octanol–water partition coefficient (Wildman–Crippen LogP) is 5.20. The molecular weight excluding hydrogens is 1070 g/mol. The number of hydrogen-bond donors (Lipinski definition) is 3. The van der Waals surface area contributed by atoms with E-state index < -0.39 is 66.7 Å². The SMILES string of the molecule is CC[C@H]1O[C@@H](OCCOCCOc2cc(C(=O)OC(C)(C)C)cc(OCCOCCO[C@@H]3O[C@H](CC)[C@H](C)[C@H](OC(C)=O)[C@H]3NC(C)=O)c2OCCOCCO[C@@H]2O[C@H](CC)[C@H](C)[C@H](OC(C)=O)[C@H]2NC(C)=O)[C@H](NC(C)=O)[C@@H](C)[C@H]1C. The van der Waals surface area contributed by atoms with Gasteiger partial charge in [-0.1, -0.05) is 48.5 Å². The highest BCUT2D eigenvalue weighted by atomic mass is 16.7. The molecule has 3 fully saturated rings. The van der Waals surface area contributed by atoms with Crippen molar-refractivity contribution in [1.82, 2.24) is 16.0 Å². The minimum atomic E-state index is -0.924. The van der Waals surface area contributed by atoms with Gasteiger partial charge in [0.15, 0.2) is 30.4 Å². The normalized spacial score (nSPS) is 28.3. The minimum Gasteiger partial charge on any atom is -0.487 e. The van der Waals surface area contributed by atoms with Crippen molar-refractivity contribution in [2.75, 3.05) is 79.3 Å². The second-order valence-corrected chi connectivity index (χ2v) is 21.9. The summed E-state index contributed by atoms with van der Waals surface area (Å²) in [6.45, 7) is 26.9. The molecular formula is C58H95N3O21. The van der Waals surface area contributed by atoms with E-state index in [1.807, 2.05) is 27.7 Å². The summed E-state index contributed by atoms with van der Waals surface area (Å²) < 4.78 is 90.7. The Morgan fingerprint density at radius 2 is 0.805 bits per heavy atom. The van der Waals surface area contributed by atoms with Gasteiger partial charge in [0.2, 0.25) is 23.5 Å². The molecule has 0 saturated carbocycles. The second-order valence-electron chi connectivity index (χ2n) is 21.9. The van der Waals surface area contributed by atoms with E-state index in [2.05, 4.69) is 36.7 Å². The van der Waals surface area contributed by atoms with Crippen molar-refractivity contribution < 1.29 is 99.8 Å². The van der Waals surface area contributed by atoms with Crippen LogP contribution in [0.5, 0.6) is 17.2 Å². The average molecular weight is 1170 g/mol. The molecule has 3 amide bonds. The van der Waals surface area contributed by atoms with Gasteiger partial charge >= 0.3 is 17.9 Å². The van der Waals surface area contributed by atoms with Gasteiger partial charge in [-0.15, -0.1) is 0 Å². The third kappa shape index (κ3) is 22.3. The molecule has 3 aliphatic rings. The topological polar surface area (TPSA) is 277 Å². The zero-order valence-corrected chi connectivity index (χ0v) is 51.0. The molecule has 3 heterocycles. The number of hydrogen-bond acceptors (Lipinski definition) is 21. The lowest BCUT2D eigenvalue weighted by Crippen LogP contribution is -2.62. The lowest BCUT2D eigenvalue weighted by Gasteiger charge is -2.44. The molecule has 0 spiro atoms. The van der Waals surface area contributed by atoms with E-state index in [4.69, 9.17) is 71.1 Å². The third-order valence-electron chi connectivity index (χ3n) is 14.3. The lowest BCUT2D eigenvalue weighted by atomic mass is 9.81. The van der Waals surface area contributed by atoms with Crippen LogP contribution >= 0.6 is 0 Å². The maximum absolute atomic E-state index is 13.6. The molecule has 1 aromatic carbocycles. The number of carbonyl (C=O) groups is 6. The van der Waals surface area contributed by atoms with Gasteiger partial charge in [0, 0.05) is 46.5 Å². The summed E-state index contributed by atoms with van der Waals surface area (Å²) >= 11 is 0. The number of carbonyl (C=O) groups excluding carboxylic acids is 6. The number of ether oxygens (including phenoxy) is 15. The molecule has 3 N–H and O–H groups in total. The van der Waals surface area contributed by atoms with Crippen molar-refractivity contribution in [3.05, 3.63) is 17.7 Å². The van der Waals surface area contributed by atoms with Gasteiger partial charge in [-0.25, -0.2) is 4.79 Å². The van der Waals surface area contributed by atoms with E-state index in [-0.39, 0.29) is 168 Å². The average Bonchev–Trinajstić information content (AvgIpc) is 3.40. The maximum atomic E-state index is 13.6. The molecule has 3 saturated heterocycles. The number of rotatable bonds is 33. The van der Waals surface area contributed by atoms with E-state index >= 15 is 0 Å². The Morgan fingerprint density at radius 1 is 0.463 bits per heavy atom. The Balaban J connectivity index is 1.46. The van der Waals surface area contributed by atoms with Crippen molar-refractivity contribution in [3.8, 4) is 17.2 Å². The fourth-order valence-electron chi connectivity index (χ4n) is 10.2. The van der Waals surface area contributed by atoms with E-state index in [0.29, 0.717) is 12.8 Å². The van der Waals surface area contributed by atoms with Crippen LogP contribution in [-0.2, 0) is 80.8 Å². The molecule has 0 radical (unpaired) electrons. The van der Waals surface area contributed by atoms with E-state index in [9.17, 15) is 28.8 Å². The summed E-state index contributed by atoms with van der Waals surface area (Å²) in [5, 5.41) is 8.65. The van der Waals surface area contributed by atoms with Crippen LogP contribution in [0.2, 0.25) is 0 Å². The first-order chi connectivity index (χ1) is 38.9. The fourth-order valence-corrected chi connectivity index (χ4v) is 10.2. The van der Waals surface area contributed by atoms with Gasteiger partial charge in [-0.05, 0) is 64.0 Å². The second kappa shape index (κ2) is 34.8. The van der Waals surface area contributed by atoms with E-state index in [1.165, 1.54) is 46.8 Å². The molecule has 24 heteroatoms. The van der Waals surface area contributed by atoms with Gasteiger partial charge < -0.3 is 87.0 Å². The summed E-state index contributed by atoms with van der Waals surface area (Å²) in [6.07, 6.45) is -2.46. The highest BCUT2D eigenvalue weighted by Crippen LogP contribution is 2.40. The first-order valence-electron chi connectivity index (χ1n) is 28.9. The predicted molar refractivity (Wildman–Crippen MR) is 296 cm³/mol. The van der Waals surface area contributed by atoms with Crippen molar-refractivity contribution in [2.45, 2.75) is 196 Å². The monoisotopic (exact) mass is 1170 g/mol. The number of esters is 3. The van der Waals surface area contributed by atoms with E-state index in [1.54, 1.807) is 20.8 Å². The molecule has 468 valence electrons. The molecule has 4 rings (SSSR count). The number of nitrogens with one attached hydrogen (secondary N) is 3. The molecule has 15 atom stereocenters. The summed E-state index contributed by atoms with van der Waals surface area (Å²) in [6, 6.07) is 1.13. The molecule has 82 heavy (non-hydrogen) atoms. The van der Waals surface area contributed by atoms with Crippen LogP contribution in [0.3, 0.4) is 0 Å². The smallest absolute Gasteiger partial charge is 0.338 e. The summed E-state index contributed by atoms with van der Waals surface area (Å²) in [5.41, 5.74) is -0.721. The van der Waals surface area contributed by atoms with Crippen LogP contribution in [0.4, 0.5) is 0 Å². The number of amides is 3. The summed E-state index contributed by atoms with van der Waals surface area (Å²) in [4.78, 5) is 74.4. The Labute approximate surface area is 484 Å². The highest BCUT2D eigenvalue weighted by Gasteiger charge is 2.48. The van der Waals surface area contributed by atoms with Crippen LogP contribution < -0.4 is 30.2 Å². The molecule has 1 aromatic rings. The van der Waals surface area contributed by atoms with Crippen LogP contribution in [0.1, 0.15) is 133 Å². The van der Waals surface area contributed by atoms with Crippen molar-refractivity contribution in [1.29, 1.82) is 0 Å². The number of benzene rings is 1. The Bertz CT molecular complexity index is 2160. The fraction of sp³-hybridized carbons (Fsp3) is 0.793. The molecule has 0 bridgehead atoms. The molecule has 0 aliphatic carbocycles. The largest absolute Gasteiger partial charge is 0.487 e. The molecule has 0 unspecified atom stereocenters. The molecule has 0 aromatic heterocycles. The van der Waals surface area contributed by atoms with Crippen LogP contribution in [0, 0.1) is 23.7 Å². The standard InChI is InChI=1S/C58H95N3O21/c1-16-43-33(4)34(5)48(59-37(8)62)55(79-43)74-28-22-68-19-25-71-46-31-42(54(67)82-58(13,14)15)32-47(72-26-20-69-23-29-75-56-49(60-38(9)63)51(77-40(11)65)35(6)44(17-2)80-56)53(46)73-27-21-70-24-30-76-57-50(61-39(10)64)52(78-41(12)66)36(7)45(18-3)81-57/h31-36,43-45,48-52,55-57H,16-30H2,1-15H3,(H,59,62)(H,60,63)(H,61,64)/t33-,34+,35+,36+,43-,44-,45-,48-,49-,50-,51+,52+,55-,56-,57-/m1/s1. The zero-order chi connectivity index (χ0) is 60.7. The van der Waals surface area contributed by atoms with Gasteiger partial charge in [0.25, 0.3) is 0 Å². The quantitative estimate of drug-likeness (QED) is 0.0463.